The number of thiazole rings is 1. The topological polar surface area (TPSA) is 93.4 Å². The number of hydrogen-bond acceptors (Lipinski definition) is 6. The van der Waals surface area contributed by atoms with Crippen molar-refractivity contribution < 1.29 is 13.3 Å². The fraction of sp³-hybridized carbons (Fsp3) is 0.0714. The first-order chi connectivity index (χ1) is 11.3. The third-order valence-electron chi connectivity index (χ3n) is 3.31. The molecule has 124 valence electrons. The smallest absolute Gasteiger partial charge is 0.258 e. The number of sulfonamides is 1. The minimum Gasteiger partial charge on any atom is -0.258 e. The van der Waals surface area contributed by atoms with Crippen LogP contribution in [0.25, 0.3) is 10.2 Å². The van der Waals surface area contributed by atoms with Crippen LogP contribution in [0.15, 0.2) is 47.4 Å². The zero-order valence-electron chi connectivity index (χ0n) is 12.2. The quantitative estimate of drug-likeness (QED) is 0.506. The lowest BCUT2D eigenvalue weighted by molar-refractivity contribution is -0.384. The number of nitrogens with zero attached hydrogens (tertiary/aromatic N) is 3. The lowest BCUT2D eigenvalue weighted by Gasteiger charge is -2.16. The molecule has 7 nitrogen and oxygen atoms in total. The molecular weight excluding hydrogens is 374 g/mol. The first-order valence-corrected chi connectivity index (χ1v) is 9.22. The SMILES string of the molecule is CN(c1nc2cc([N+](=O)[O-])ccc2s1)S(=O)(=O)c1ccc(Cl)cc1. The largest absolute Gasteiger partial charge is 0.271 e. The second-order valence-electron chi connectivity index (χ2n) is 4.83. The van der Waals surface area contributed by atoms with Crippen LogP contribution in [-0.4, -0.2) is 25.4 Å². The number of fused-ring (bicyclic) bond motifs is 1. The van der Waals surface area contributed by atoms with E-state index in [2.05, 4.69) is 4.98 Å². The number of aromatic nitrogens is 1. The Morgan fingerprint density at radius 1 is 1.21 bits per heavy atom. The van der Waals surface area contributed by atoms with Gasteiger partial charge in [-0.25, -0.2) is 17.7 Å². The molecule has 10 heteroatoms. The van der Waals surface area contributed by atoms with Crippen molar-refractivity contribution in [1.29, 1.82) is 0 Å². The molecular formula is C14H10ClN3O4S2. The molecule has 0 N–H and O–H groups in total. The van der Waals surface area contributed by atoms with Crippen molar-refractivity contribution in [2.75, 3.05) is 11.4 Å². The van der Waals surface area contributed by atoms with Crippen molar-refractivity contribution in [3.05, 3.63) is 57.6 Å². The molecule has 3 aromatic rings. The highest BCUT2D eigenvalue weighted by Crippen LogP contribution is 2.33. The van der Waals surface area contributed by atoms with Crippen LogP contribution in [0, 0.1) is 10.1 Å². The molecule has 0 amide bonds. The third-order valence-corrected chi connectivity index (χ3v) is 6.55. The van der Waals surface area contributed by atoms with E-state index in [9.17, 15) is 18.5 Å². The van der Waals surface area contributed by atoms with E-state index in [-0.39, 0.29) is 15.7 Å². The van der Waals surface area contributed by atoms with Gasteiger partial charge in [0, 0.05) is 24.2 Å². The number of halogens is 1. The van der Waals surface area contributed by atoms with Gasteiger partial charge in [-0.3, -0.25) is 10.1 Å². The van der Waals surface area contributed by atoms with Gasteiger partial charge in [-0.2, -0.15) is 0 Å². The summed E-state index contributed by atoms with van der Waals surface area (Å²) in [5.41, 5.74) is 0.282. The van der Waals surface area contributed by atoms with Crippen LogP contribution in [0.3, 0.4) is 0 Å². The Bertz CT molecular complexity index is 1030. The number of nitro groups is 1. The molecule has 0 saturated carbocycles. The average molecular weight is 384 g/mol. The molecule has 0 unspecified atom stereocenters. The van der Waals surface area contributed by atoms with E-state index in [0.717, 1.165) is 15.6 Å². The maximum absolute atomic E-state index is 12.6. The Balaban J connectivity index is 2.02. The standard InChI is InChI=1S/C14H10ClN3O4S2/c1-17(24(21,22)11-5-2-9(15)3-6-11)14-16-12-8-10(18(19)20)4-7-13(12)23-14/h2-8H,1H3. The number of anilines is 1. The van der Waals surface area contributed by atoms with E-state index in [0.29, 0.717) is 15.2 Å². The van der Waals surface area contributed by atoms with E-state index in [1.807, 2.05) is 0 Å². The van der Waals surface area contributed by atoms with Gasteiger partial charge < -0.3 is 0 Å². The van der Waals surface area contributed by atoms with Gasteiger partial charge in [0.2, 0.25) is 0 Å². The Hall–Kier alpha value is -2.23. The zero-order valence-corrected chi connectivity index (χ0v) is 14.6. The molecule has 1 aromatic heterocycles. The van der Waals surface area contributed by atoms with Crippen molar-refractivity contribution in [1.82, 2.24) is 4.98 Å². The number of non-ortho nitro benzene ring substituents is 1. The second kappa shape index (κ2) is 6.00. The monoisotopic (exact) mass is 383 g/mol. The Morgan fingerprint density at radius 2 is 1.88 bits per heavy atom. The molecule has 1 heterocycles. The van der Waals surface area contributed by atoms with E-state index in [4.69, 9.17) is 11.6 Å². The molecule has 24 heavy (non-hydrogen) atoms. The molecule has 0 aliphatic carbocycles. The van der Waals surface area contributed by atoms with Crippen LogP contribution >= 0.6 is 22.9 Å². The van der Waals surface area contributed by atoms with Crippen molar-refractivity contribution in [2.24, 2.45) is 0 Å². The van der Waals surface area contributed by atoms with Crippen LogP contribution in [0.4, 0.5) is 10.8 Å². The van der Waals surface area contributed by atoms with Crippen molar-refractivity contribution in [3.63, 3.8) is 0 Å². The molecule has 0 aliphatic heterocycles. The summed E-state index contributed by atoms with van der Waals surface area (Å²) in [5.74, 6) is 0. The molecule has 2 aromatic carbocycles. The van der Waals surface area contributed by atoms with Gasteiger partial charge in [0.05, 0.1) is 20.0 Å². The molecule has 0 radical (unpaired) electrons. The van der Waals surface area contributed by atoms with E-state index < -0.39 is 14.9 Å². The predicted octanol–water partition coefficient (Wildman–Crippen LogP) is 3.68. The van der Waals surface area contributed by atoms with Crippen molar-refractivity contribution in [3.8, 4) is 0 Å². The van der Waals surface area contributed by atoms with Gasteiger partial charge in [0.25, 0.3) is 15.7 Å². The third kappa shape index (κ3) is 2.93. The Kier molecular flexibility index (Phi) is 4.16. The minimum absolute atomic E-state index is 0.0830. The van der Waals surface area contributed by atoms with Crippen LogP contribution in [-0.2, 0) is 10.0 Å². The molecule has 3 rings (SSSR count). The molecule has 0 atom stereocenters. The lowest BCUT2D eigenvalue weighted by atomic mass is 10.3. The number of nitro benzene ring substituents is 1. The van der Waals surface area contributed by atoms with Crippen LogP contribution in [0.5, 0.6) is 0 Å². The molecule has 0 spiro atoms. The first-order valence-electron chi connectivity index (χ1n) is 6.58. The highest BCUT2D eigenvalue weighted by Gasteiger charge is 2.24. The Morgan fingerprint density at radius 3 is 2.50 bits per heavy atom. The minimum atomic E-state index is -3.79. The van der Waals surface area contributed by atoms with Crippen LogP contribution in [0.2, 0.25) is 5.02 Å². The Labute approximate surface area is 146 Å². The highest BCUT2D eigenvalue weighted by atomic mass is 35.5. The summed E-state index contributed by atoms with van der Waals surface area (Å²) in [6.45, 7) is 0. The first kappa shape index (κ1) is 16.6. The van der Waals surface area contributed by atoms with Crippen molar-refractivity contribution >= 4 is 54.0 Å². The zero-order chi connectivity index (χ0) is 17.5. The van der Waals surface area contributed by atoms with E-state index in [1.165, 1.54) is 43.4 Å². The fourth-order valence-electron chi connectivity index (χ4n) is 2.02. The predicted molar refractivity (Wildman–Crippen MR) is 93.3 cm³/mol. The number of hydrogen-bond donors (Lipinski definition) is 0. The summed E-state index contributed by atoms with van der Waals surface area (Å²) in [6.07, 6.45) is 0. The van der Waals surface area contributed by atoms with Gasteiger partial charge >= 0.3 is 0 Å². The van der Waals surface area contributed by atoms with Crippen LogP contribution in [0.1, 0.15) is 0 Å². The number of rotatable bonds is 4. The molecule has 0 fully saturated rings. The van der Waals surface area contributed by atoms with E-state index >= 15 is 0 Å². The summed E-state index contributed by atoms with van der Waals surface area (Å²) in [4.78, 5) is 14.6. The van der Waals surface area contributed by atoms with Gasteiger partial charge in [0.15, 0.2) is 5.13 Å². The van der Waals surface area contributed by atoms with Gasteiger partial charge in [-0.15, -0.1) is 0 Å². The summed E-state index contributed by atoms with van der Waals surface area (Å²) in [6, 6.07) is 10.0. The summed E-state index contributed by atoms with van der Waals surface area (Å²) >= 11 is 6.92. The summed E-state index contributed by atoms with van der Waals surface area (Å²) in [5, 5.41) is 11.5. The fourth-order valence-corrected chi connectivity index (χ4v) is 4.41. The molecule has 0 aliphatic rings. The van der Waals surface area contributed by atoms with Crippen LogP contribution < -0.4 is 4.31 Å². The van der Waals surface area contributed by atoms with E-state index in [1.54, 1.807) is 6.07 Å². The molecule has 0 saturated heterocycles. The number of benzene rings is 2. The van der Waals surface area contributed by atoms with Crippen molar-refractivity contribution in [2.45, 2.75) is 4.90 Å². The average Bonchev–Trinajstić information content (AvgIpc) is 2.97. The van der Waals surface area contributed by atoms with Gasteiger partial charge in [-0.05, 0) is 30.3 Å². The second-order valence-corrected chi connectivity index (χ2v) is 8.25. The maximum atomic E-state index is 12.6. The summed E-state index contributed by atoms with van der Waals surface area (Å²) in [7, 11) is -2.41. The maximum Gasteiger partial charge on any atom is 0.271 e. The highest BCUT2D eigenvalue weighted by molar-refractivity contribution is 7.93. The lowest BCUT2D eigenvalue weighted by Crippen LogP contribution is -2.26. The van der Waals surface area contributed by atoms with Gasteiger partial charge in [-0.1, -0.05) is 22.9 Å². The summed E-state index contributed by atoms with van der Waals surface area (Å²) < 4.78 is 27.0. The molecule has 0 bridgehead atoms. The normalized spacial score (nSPS) is 11.6. The van der Waals surface area contributed by atoms with Gasteiger partial charge in [0.1, 0.15) is 0 Å².